The van der Waals surface area contributed by atoms with Crippen LogP contribution in [-0.2, 0) is 14.3 Å². The van der Waals surface area contributed by atoms with Crippen molar-refractivity contribution in [3.8, 4) is 5.88 Å². The summed E-state index contributed by atoms with van der Waals surface area (Å²) in [4.78, 5) is 27.0. The SMILES string of the molecule is COCCOc1ccc(NC(=O)C2CNC(=O)CN2)cn1. The van der Waals surface area contributed by atoms with E-state index < -0.39 is 6.04 Å². The molecule has 1 aromatic rings. The number of aromatic nitrogens is 1. The Balaban J connectivity index is 1.82. The largest absolute Gasteiger partial charge is 0.475 e. The number of hydrogen-bond donors (Lipinski definition) is 3. The fraction of sp³-hybridized carbons (Fsp3) is 0.462. The highest BCUT2D eigenvalue weighted by Crippen LogP contribution is 2.12. The van der Waals surface area contributed by atoms with Crippen molar-refractivity contribution in [1.82, 2.24) is 15.6 Å². The summed E-state index contributed by atoms with van der Waals surface area (Å²) in [6, 6.07) is 2.93. The van der Waals surface area contributed by atoms with E-state index in [1.807, 2.05) is 0 Å². The maximum absolute atomic E-state index is 12.0. The van der Waals surface area contributed by atoms with Crippen LogP contribution in [0.5, 0.6) is 5.88 Å². The predicted octanol–water partition coefficient (Wildman–Crippen LogP) is -0.867. The lowest BCUT2D eigenvalue weighted by atomic mass is 10.2. The standard InChI is InChI=1S/C13H18N4O4/c1-20-4-5-21-12-3-2-9(6-16-12)17-13(19)10-7-15-11(18)8-14-10/h2-3,6,10,14H,4-5,7-8H2,1H3,(H,15,18)(H,17,19). The summed E-state index contributed by atoms with van der Waals surface area (Å²) < 4.78 is 10.2. The van der Waals surface area contributed by atoms with Crippen LogP contribution in [0.1, 0.15) is 0 Å². The van der Waals surface area contributed by atoms with Crippen LogP contribution >= 0.6 is 0 Å². The van der Waals surface area contributed by atoms with E-state index in [0.29, 0.717) is 24.8 Å². The number of amides is 2. The van der Waals surface area contributed by atoms with Gasteiger partial charge in [-0.25, -0.2) is 4.98 Å². The Morgan fingerprint density at radius 2 is 2.33 bits per heavy atom. The van der Waals surface area contributed by atoms with Gasteiger partial charge in [0.05, 0.1) is 25.0 Å². The summed E-state index contributed by atoms with van der Waals surface area (Å²) in [5.41, 5.74) is 0.567. The fourth-order valence-corrected chi connectivity index (χ4v) is 1.75. The minimum absolute atomic E-state index is 0.113. The molecule has 1 fully saturated rings. The van der Waals surface area contributed by atoms with Crippen molar-refractivity contribution in [2.24, 2.45) is 0 Å². The van der Waals surface area contributed by atoms with Crippen LogP contribution in [0, 0.1) is 0 Å². The Labute approximate surface area is 122 Å². The molecular formula is C13H18N4O4. The first-order valence-corrected chi connectivity index (χ1v) is 6.58. The van der Waals surface area contributed by atoms with Crippen LogP contribution in [0.4, 0.5) is 5.69 Å². The molecule has 0 aliphatic carbocycles. The van der Waals surface area contributed by atoms with E-state index in [0.717, 1.165) is 0 Å². The van der Waals surface area contributed by atoms with Crippen LogP contribution in [0.3, 0.4) is 0 Å². The van der Waals surface area contributed by atoms with Gasteiger partial charge in [0.15, 0.2) is 0 Å². The van der Waals surface area contributed by atoms with Crippen molar-refractivity contribution in [3.63, 3.8) is 0 Å². The fourth-order valence-electron chi connectivity index (χ4n) is 1.75. The molecule has 1 saturated heterocycles. The van der Waals surface area contributed by atoms with Gasteiger partial charge in [-0.1, -0.05) is 0 Å². The van der Waals surface area contributed by atoms with Crippen molar-refractivity contribution >= 4 is 17.5 Å². The third kappa shape index (κ3) is 4.69. The minimum Gasteiger partial charge on any atom is -0.475 e. The zero-order valence-corrected chi connectivity index (χ0v) is 11.7. The summed E-state index contributed by atoms with van der Waals surface area (Å²) in [6.07, 6.45) is 1.52. The molecule has 1 aliphatic heterocycles. The van der Waals surface area contributed by atoms with Gasteiger partial charge in [0, 0.05) is 19.7 Å². The minimum atomic E-state index is -0.444. The second-order valence-corrected chi connectivity index (χ2v) is 4.45. The summed E-state index contributed by atoms with van der Waals surface area (Å²) in [7, 11) is 1.59. The number of methoxy groups -OCH3 is 1. The molecule has 3 N–H and O–H groups in total. The lowest BCUT2D eigenvalue weighted by Crippen LogP contribution is -2.56. The van der Waals surface area contributed by atoms with E-state index >= 15 is 0 Å². The van der Waals surface area contributed by atoms with Gasteiger partial charge in [-0.15, -0.1) is 0 Å². The van der Waals surface area contributed by atoms with Crippen molar-refractivity contribution in [2.45, 2.75) is 6.04 Å². The normalized spacial score (nSPS) is 18.0. The van der Waals surface area contributed by atoms with E-state index in [-0.39, 0.29) is 24.9 Å². The van der Waals surface area contributed by atoms with Gasteiger partial charge >= 0.3 is 0 Å². The lowest BCUT2D eigenvalue weighted by Gasteiger charge is -2.23. The van der Waals surface area contributed by atoms with Crippen LogP contribution < -0.4 is 20.7 Å². The molecule has 1 atom stereocenters. The van der Waals surface area contributed by atoms with Crippen LogP contribution in [0.15, 0.2) is 18.3 Å². The quantitative estimate of drug-likeness (QED) is 0.590. The van der Waals surface area contributed by atoms with Gasteiger partial charge in [0.2, 0.25) is 17.7 Å². The number of hydrogen-bond acceptors (Lipinski definition) is 6. The maximum atomic E-state index is 12.0. The number of rotatable bonds is 6. The molecule has 1 aromatic heterocycles. The van der Waals surface area contributed by atoms with Crippen LogP contribution in [0.25, 0.3) is 0 Å². The van der Waals surface area contributed by atoms with E-state index in [2.05, 4.69) is 20.9 Å². The van der Waals surface area contributed by atoms with Crippen LogP contribution in [0.2, 0.25) is 0 Å². The topological polar surface area (TPSA) is 102 Å². The molecule has 1 aliphatic rings. The lowest BCUT2D eigenvalue weighted by molar-refractivity contribution is -0.124. The Morgan fingerprint density at radius 3 is 2.95 bits per heavy atom. The molecule has 8 heteroatoms. The van der Waals surface area contributed by atoms with Gasteiger partial charge in [0.25, 0.3) is 0 Å². The van der Waals surface area contributed by atoms with Crippen molar-refractivity contribution < 1.29 is 19.1 Å². The Kier molecular flexibility index (Phi) is 5.47. The molecule has 21 heavy (non-hydrogen) atoms. The third-order valence-electron chi connectivity index (χ3n) is 2.87. The number of carbonyl (C=O) groups excluding carboxylic acids is 2. The number of nitrogens with zero attached hydrogens (tertiary/aromatic N) is 1. The zero-order chi connectivity index (χ0) is 15.1. The van der Waals surface area contributed by atoms with Gasteiger partial charge in [-0.2, -0.15) is 0 Å². The first-order valence-electron chi connectivity index (χ1n) is 6.58. The zero-order valence-electron chi connectivity index (χ0n) is 11.7. The van der Waals surface area contributed by atoms with Crippen molar-refractivity contribution in [2.75, 3.05) is 38.7 Å². The molecule has 0 saturated carbocycles. The van der Waals surface area contributed by atoms with Gasteiger partial charge < -0.3 is 20.1 Å². The van der Waals surface area contributed by atoms with Gasteiger partial charge in [0.1, 0.15) is 12.6 Å². The Hall–Kier alpha value is -2.19. The van der Waals surface area contributed by atoms with Gasteiger partial charge in [-0.3, -0.25) is 14.9 Å². The second kappa shape index (κ2) is 7.55. The summed E-state index contributed by atoms with van der Waals surface area (Å²) in [6.45, 7) is 1.32. The predicted molar refractivity (Wildman–Crippen MR) is 75.0 cm³/mol. The first kappa shape index (κ1) is 15.2. The number of pyridine rings is 1. The summed E-state index contributed by atoms with van der Waals surface area (Å²) >= 11 is 0. The number of ether oxygens (including phenoxy) is 2. The monoisotopic (exact) mass is 294 g/mol. The number of piperazine rings is 1. The Morgan fingerprint density at radius 1 is 1.48 bits per heavy atom. The van der Waals surface area contributed by atoms with E-state index in [1.54, 1.807) is 19.2 Å². The van der Waals surface area contributed by atoms with E-state index in [1.165, 1.54) is 6.20 Å². The molecule has 2 heterocycles. The van der Waals surface area contributed by atoms with Crippen molar-refractivity contribution in [1.29, 1.82) is 0 Å². The van der Waals surface area contributed by atoms with E-state index in [9.17, 15) is 9.59 Å². The molecule has 8 nitrogen and oxygen atoms in total. The maximum Gasteiger partial charge on any atom is 0.243 e. The first-order chi connectivity index (χ1) is 10.2. The van der Waals surface area contributed by atoms with Crippen molar-refractivity contribution in [3.05, 3.63) is 18.3 Å². The number of anilines is 1. The smallest absolute Gasteiger partial charge is 0.243 e. The van der Waals surface area contributed by atoms with Gasteiger partial charge in [-0.05, 0) is 6.07 Å². The Bertz CT molecular complexity index is 481. The average Bonchev–Trinajstić information content (AvgIpc) is 2.50. The highest BCUT2D eigenvalue weighted by atomic mass is 16.5. The summed E-state index contributed by atoms with van der Waals surface area (Å²) in [5.74, 6) is 0.135. The van der Waals surface area contributed by atoms with E-state index in [4.69, 9.17) is 9.47 Å². The molecule has 1 unspecified atom stereocenters. The molecule has 0 radical (unpaired) electrons. The molecule has 0 bridgehead atoms. The summed E-state index contributed by atoms with van der Waals surface area (Å²) in [5, 5.41) is 8.20. The molecule has 0 spiro atoms. The average molecular weight is 294 g/mol. The second-order valence-electron chi connectivity index (χ2n) is 4.45. The number of nitrogens with one attached hydrogen (secondary N) is 3. The highest BCUT2D eigenvalue weighted by Gasteiger charge is 2.23. The molecule has 114 valence electrons. The highest BCUT2D eigenvalue weighted by molar-refractivity contribution is 5.96. The third-order valence-corrected chi connectivity index (χ3v) is 2.87. The molecule has 2 amide bonds. The number of carbonyl (C=O) groups is 2. The molecule has 0 aromatic carbocycles. The van der Waals surface area contributed by atoms with Crippen LogP contribution in [-0.4, -0.2) is 56.3 Å². The molecular weight excluding hydrogens is 276 g/mol. The molecule has 2 rings (SSSR count).